The second-order valence-corrected chi connectivity index (χ2v) is 7.15. The lowest BCUT2D eigenvalue weighted by molar-refractivity contribution is -0.128. The van der Waals surface area contributed by atoms with Gasteiger partial charge in [0.15, 0.2) is 16.0 Å². The van der Waals surface area contributed by atoms with E-state index in [0.717, 1.165) is 13.1 Å². The first-order valence-corrected chi connectivity index (χ1v) is 8.77. The van der Waals surface area contributed by atoms with Crippen LogP contribution in [0.3, 0.4) is 0 Å². The summed E-state index contributed by atoms with van der Waals surface area (Å²) >= 11 is 0. The molecule has 142 valence electrons. The molecule has 0 unspecified atom stereocenters. The number of hydrogen-bond acceptors (Lipinski definition) is 6. The van der Waals surface area contributed by atoms with E-state index in [-0.39, 0.29) is 11.3 Å². The SMILES string of the molecule is CN(C#N)C(=O)[C@H](CS(=O)(=O)Cc1ccccc1OC(F)F)NC(=O)O. The van der Waals surface area contributed by atoms with E-state index in [9.17, 15) is 26.8 Å². The molecule has 0 aromatic heterocycles. The summed E-state index contributed by atoms with van der Waals surface area (Å²) in [5.41, 5.74) is -0.0806. The van der Waals surface area contributed by atoms with E-state index in [1.165, 1.54) is 24.4 Å². The van der Waals surface area contributed by atoms with Gasteiger partial charge >= 0.3 is 12.7 Å². The smallest absolute Gasteiger partial charge is 0.405 e. The number of rotatable bonds is 8. The number of carbonyl (C=O) groups excluding carboxylic acids is 1. The van der Waals surface area contributed by atoms with Crippen molar-refractivity contribution in [3.05, 3.63) is 29.8 Å². The number of nitrogens with zero attached hydrogens (tertiary/aromatic N) is 2. The molecule has 0 radical (unpaired) electrons. The predicted octanol–water partition coefficient (Wildman–Crippen LogP) is 0.778. The molecule has 2 N–H and O–H groups in total. The number of carbonyl (C=O) groups is 2. The van der Waals surface area contributed by atoms with E-state index in [2.05, 4.69) is 4.74 Å². The van der Waals surface area contributed by atoms with Crippen molar-refractivity contribution >= 4 is 21.8 Å². The van der Waals surface area contributed by atoms with Gasteiger partial charge in [-0.25, -0.2) is 13.2 Å². The summed E-state index contributed by atoms with van der Waals surface area (Å²) in [4.78, 5) is 23.2. The topological polar surface area (TPSA) is 137 Å². The Morgan fingerprint density at radius 1 is 1.38 bits per heavy atom. The fraction of sp³-hybridized carbons (Fsp3) is 0.357. The highest BCUT2D eigenvalue weighted by Crippen LogP contribution is 2.23. The summed E-state index contributed by atoms with van der Waals surface area (Å²) in [7, 11) is -3.09. The maximum atomic E-state index is 12.4. The van der Waals surface area contributed by atoms with Crippen LogP contribution in [0.4, 0.5) is 13.6 Å². The lowest BCUT2D eigenvalue weighted by Gasteiger charge is -2.19. The van der Waals surface area contributed by atoms with E-state index < -0.39 is 46.0 Å². The molecule has 0 aliphatic carbocycles. The van der Waals surface area contributed by atoms with Crippen LogP contribution < -0.4 is 10.1 Å². The molecule has 26 heavy (non-hydrogen) atoms. The Kier molecular flexibility index (Phi) is 7.27. The van der Waals surface area contributed by atoms with Gasteiger partial charge in [0.2, 0.25) is 0 Å². The molecule has 1 atom stereocenters. The number of alkyl halides is 2. The summed E-state index contributed by atoms with van der Waals surface area (Å²) in [6.45, 7) is -3.16. The Balaban J connectivity index is 3.04. The minimum atomic E-state index is -4.13. The number of hydrogen-bond donors (Lipinski definition) is 2. The molecule has 9 nitrogen and oxygen atoms in total. The van der Waals surface area contributed by atoms with Crippen LogP contribution >= 0.6 is 0 Å². The van der Waals surface area contributed by atoms with Gasteiger partial charge in [0, 0.05) is 12.6 Å². The number of para-hydroxylation sites is 1. The first-order valence-electron chi connectivity index (χ1n) is 6.95. The summed E-state index contributed by atoms with van der Waals surface area (Å²) in [5.74, 6) is -3.16. The Morgan fingerprint density at radius 3 is 2.54 bits per heavy atom. The molecule has 0 aliphatic heterocycles. The average Bonchev–Trinajstić information content (AvgIpc) is 2.53. The first kappa shape index (κ1) is 21.1. The zero-order valence-corrected chi connectivity index (χ0v) is 14.2. The largest absolute Gasteiger partial charge is 0.465 e. The van der Waals surface area contributed by atoms with Crippen LogP contribution in [-0.2, 0) is 20.4 Å². The van der Waals surface area contributed by atoms with Gasteiger partial charge in [-0.05, 0) is 6.07 Å². The molecule has 0 bridgehead atoms. The maximum Gasteiger partial charge on any atom is 0.405 e. The van der Waals surface area contributed by atoms with Gasteiger partial charge in [-0.15, -0.1) is 0 Å². The monoisotopic (exact) mass is 391 g/mol. The van der Waals surface area contributed by atoms with Crippen molar-refractivity contribution in [2.24, 2.45) is 0 Å². The van der Waals surface area contributed by atoms with E-state index in [4.69, 9.17) is 10.4 Å². The zero-order valence-electron chi connectivity index (χ0n) is 13.4. The fourth-order valence-electron chi connectivity index (χ4n) is 1.99. The van der Waals surface area contributed by atoms with Crippen LogP contribution in [0.25, 0.3) is 0 Å². The molecule has 0 saturated heterocycles. The summed E-state index contributed by atoms with van der Waals surface area (Å²) in [5, 5.41) is 19.2. The second-order valence-electron chi connectivity index (χ2n) is 5.04. The van der Waals surface area contributed by atoms with Crippen molar-refractivity contribution in [1.29, 1.82) is 5.26 Å². The molecule has 1 rings (SSSR count). The number of nitrogens with one attached hydrogen (secondary N) is 1. The van der Waals surface area contributed by atoms with Gasteiger partial charge in [-0.1, -0.05) is 18.2 Å². The molecule has 0 heterocycles. The van der Waals surface area contributed by atoms with Crippen LogP contribution in [0.5, 0.6) is 5.75 Å². The van der Waals surface area contributed by atoms with E-state index in [1.54, 1.807) is 5.32 Å². The van der Waals surface area contributed by atoms with Crippen LogP contribution in [-0.4, -0.2) is 55.9 Å². The highest BCUT2D eigenvalue weighted by atomic mass is 32.2. The standard InChI is InChI=1S/C14H15F2N3O6S/c1-19(8-17)12(20)10(18-14(21)22)7-26(23,24)6-9-4-2-3-5-11(9)25-13(15)16/h2-5,10,13,18H,6-7H2,1H3,(H,21,22)/t10-/m0/s1. The van der Waals surface area contributed by atoms with Gasteiger partial charge in [0.1, 0.15) is 11.8 Å². The molecule has 0 aliphatic rings. The minimum Gasteiger partial charge on any atom is -0.465 e. The molecular weight excluding hydrogens is 376 g/mol. The van der Waals surface area contributed by atoms with Crippen LogP contribution in [0.15, 0.2) is 24.3 Å². The number of sulfone groups is 1. The number of amides is 2. The predicted molar refractivity (Wildman–Crippen MR) is 83.9 cm³/mol. The van der Waals surface area contributed by atoms with Crippen LogP contribution in [0.2, 0.25) is 0 Å². The summed E-state index contributed by atoms with van der Waals surface area (Å²) in [6.07, 6.45) is -0.224. The molecule has 0 spiro atoms. The van der Waals surface area contributed by atoms with E-state index >= 15 is 0 Å². The second kappa shape index (κ2) is 8.95. The lowest BCUT2D eigenvalue weighted by atomic mass is 10.2. The van der Waals surface area contributed by atoms with Crippen molar-refractivity contribution < 1.29 is 36.6 Å². The van der Waals surface area contributed by atoms with Crippen molar-refractivity contribution in [2.45, 2.75) is 18.4 Å². The average molecular weight is 391 g/mol. The Hall–Kier alpha value is -2.94. The van der Waals surface area contributed by atoms with E-state index in [1.807, 2.05) is 0 Å². The molecule has 1 aromatic rings. The molecule has 0 fully saturated rings. The van der Waals surface area contributed by atoms with Crippen molar-refractivity contribution in [3.63, 3.8) is 0 Å². The maximum absolute atomic E-state index is 12.4. The van der Waals surface area contributed by atoms with Crippen LogP contribution in [0, 0.1) is 11.5 Å². The third kappa shape index (κ3) is 6.52. The Bertz CT molecular complexity index is 809. The number of carboxylic acid groups (broad SMARTS) is 1. The number of ether oxygens (including phenoxy) is 1. The minimum absolute atomic E-state index is 0.0806. The quantitative estimate of drug-likeness (QED) is 0.493. The molecule has 12 heteroatoms. The number of nitriles is 1. The highest BCUT2D eigenvalue weighted by molar-refractivity contribution is 7.90. The Labute approximate surface area is 147 Å². The van der Waals surface area contributed by atoms with Crippen molar-refractivity contribution in [2.75, 3.05) is 12.8 Å². The lowest BCUT2D eigenvalue weighted by Crippen LogP contribution is -2.49. The normalized spacial score (nSPS) is 12.1. The van der Waals surface area contributed by atoms with Gasteiger partial charge in [-0.2, -0.15) is 14.0 Å². The van der Waals surface area contributed by atoms with Crippen molar-refractivity contribution in [3.8, 4) is 11.9 Å². The number of halogens is 2. The molecule has 1 aromatic carbocycles. The summed E-state index contributed by atoms with van der Waals surface area (Å²) < 4.78 is 53.7. The zero-order chi connectivity index (χ0) is 19.9. The van der Waals surface area contributed by atoms with Gasteiger partial charge < -0.3 is 15.2 Å². The highest BCUT2D eigenvalue weighted by Gasteiger charge is 2.30. The van der Waals surface area contributed by atoms with Gasteiger partial charge in [-0.3, -0.25) is 9.69 Å². The molecule has 0 saturated carbocycles. The third-order valence-electron chi connectivity index (χ3n) is 3.06. The molecule has 2 amide bonds. The van der Waals surface area contributed by atoms with Gasteiger partial charge in [0.05, 0.1) is 11.5 Å². The fourth-order valence-corrected chi connectivity index (χ4v) is 3.55. The van der Waals surface area contributed by atoms with Gasteiger partial charge in [0.25, 0.3) is 5.91 Å². The van der Waals surface area contributed by atoms with Crippen molar-refractivity contribution in [1.82, 2.24) is 10.2 Å². The first-order chi connectivity index (χ1) is 12.1. The molecular formula is C14H15F2N3O6S. The number of likely N-dealkylation sites (N-methyl/N-ethyl adjacent to an activating group) is 1. The van der Waals surface area contributed by atoms with Crippen LogP contribution in [0.1, 0.15) is 5.56 Å². The van der Waals surface area contributed by atoms with E-state index in [0.29, 0.717) is 4.90 Å². The third-order valence-corrected chi connectivity index (χ3v) is 4.65. The Morgan fingerprint density at radius 2 is 2.00 bits per heavy atom. The summed E-state index contributed by atoms with van der Waals surface area (Å²) in [6, 6.07) is 3.44. The number of benzene rings is 1.